The van der Waals surface area contributed by atoms with E-state index in [1.165, 1.54) is 0 Å². The van der Waals surface area contributed by atoms with Gasteiger partial charge in [-0.25, -0.2) is 0 Å². The highest BCUT2D eigenvalue weighted by Crippen LogP contribution is 2.34. The number of anilines is 1. The van der Waals surface area contributed by atoms with Crippen LogP contribution in [-0.4, -0.2) is 54.7 Å². The highest BCUT2D eigenvalue weighted by molar-refractivity contribution is 7.80. The Morgan fingerprint density at radius 1 is 1.12 bits per heavy atom. The second-order valence-electron chi connectivity index (χ2n) is 9.04. The monoisotopic (exact) mass is 482 g/mol. The molecule has 1 heterocycles. The molecule has 0 bridgehead atoms. The molecule has 0 saturated carbocycles. The molecule has 3 rings (SSSR count). The van der Waals surface area contributed by atoms with Gasteiger partial charge in [-0.05, 0) is 53.3 Å². The van der Waals surface area contributed by atoms with Crippen molar-refractivity contribution in [3.8, 4) is 0 Å². The number of aliphatic hydroxyl groups is 2. The molecule has 0 radical (unpaired) electrons. The number of amides is 1. The molecule has 1 aliphatic rings. The molecule has 2 aromatic carbocycles. The summed E-state index contributed by atoms with van der Waals surface area (Å²) in [6.07, 6.45) is 7.25. The Morgan fingerprint density at radius 3 is 2.47 bits per heavy atom. The quantitative estimate of drug-likeness (QED) is 0.281. The molecule has 0 saturated heterocycles. The van der Waals surface area contributed by atoms with Crippen LogP contribution in [0, 0.1) is 0 Å². The van der Waals surface area contributed by atoms with Crippen LogP contribution in [0.25, 0.3) is 5.57 Å². The zero-order chi connectivity index (χ0) is 24.6. The molecule has 0 aromatic heterocycles. The molecule has 0 atom stereocenters. The summed E-state index contributed by atoms with van der Waals surface area (Å²) in [7, 11) is 0. The highest BCUT2D eigenvalue weighted by Gasteiger charge is 2.27. The van der Waals surface area contributed by atoms with Gasteiger partial charge in [-0.15, -0.1) is 0 Å². The van der Waals surface area contributed by atoms with Crippen molar-refractivity contribution in [2.45, 2.75) is 25.7 Å². The lowest BCUT2D eigenvalue weighted by Crippen LogP contribution is -2.71. The predicted molar refractivity (Wildman–Crippen MR) is 142 cm³/mol. The van der Waals surface area contributed by atoms with Gasteiger partial charge in [-0.3, -0.25) is 10.1 Å². The van der Waals surface area contributed by atoms with Crippen molar-refractivity contribution in [3.63, 3.8) is 0 Å². The largest absolute Gasteiger partial charge is 0.395 e. The number of thiol groups is 1. The number of carbonyl (C=O) groups excluding carboxylic acids is 1. The summed E-state index contributed by atoms with van der Waals surface area (Å²) >= 11 is 4.17. The van der Waals surface area contributed by atoms with E-state index in [2.05, 4.69) is 67.6 Å². The third-order valence-corrected chi connectivity index (χ3v) is 6.36. The van der Waals surface area contributed by atoms with Gasteiger partial charge < -0.3 is 20.4 Å². The molecule has 0 unspecified atom stereocenters. The molecule has 7 heteroatoms. The van der Waals surface area contributed by atoms with E-state index in [9.17, 15) is 15.0 Å². The lowest BCUT2D eigenvalue weighted by atomic mass is 9.79. The number of rotatable bonds is 9. The number of nitrogens with two attached hydrogens (primary N) is 1. The first-order chi connectivity index (χ1) is 16.4. The maximum absolute atomic E-state index is 12.5. The summed E-state index contributed by atoms with van der Waals surface area (Å²) in [6, 6.07) is 14.1. The Morgan fingerprint density at radius 2 is 1.82 bits per heavy atom. The van der Waals surface area contributed by atoms with Crippen LogP contribution in [-0.2, 0) is 5.41 Å². The van der Waals surface area contributed by atoms with E-state index >= 15 is 0 Å². The first-order valence-corrected chi connectivity index (χ1v) is 12.3. The van der Waals surface area contributed by atoms with Gasteiger partial charge in [0.15, 0.2) is 0 Å². The van der Waals surface area contributed by atoms with E-state index < -0.39 is 0 Å². The van der Waals surface area contributed by atoms with Gasteiger partial charge in [-0.1, -0.05) is 32.1 Å². The maximum Gasteiger partial charge on any atom is 0.251 e. The molecule has 6 nitrogen and oxygen atoms in total. The molecule has 182 valence electrons. The summed E-state index contributed by atoms with van der Waals surface area (Å²) < 4.78 is 0. The zero-order valence-electron chi connectivity index (χ0n) is 20.0. The summed E-state index contributed by atoms with van der Waals surface area (Å²) in [5, 5.41) is 23.6. The fourth-order valence-corrected chi connectivity index (χ4v) is 4.30. The third-order valence-electron chi connectivity index (χ3n) is 6.13. The summed E-state index contributed by atoms with van der Waals surface area (Å²) in [4.78, 5) is 14.5. The van der Waals surface area contributed by atoms with Crippen molar-refractivity contribution in [1.82, 2.24) is 5.32 Å². The number of nitrogens with one attached hydrogen (secondary N) is 1. The maximum atomic E-state index is 12.5. The van der Waals surface area contributed by atoms with Gasteiger partial charge in [0.25, 0.3) is 5.91 Å². The minimum absolute atomic E-state index is 0.0414. The fourth-order valence-electron chi connectivity index (χ4n) is 4.19. The molecule has 0 fully saturated rings. The standard InChI is InChI=1S/C27H35N3O3S/c1-27(2)11-9-21(20-3-6-23(7-4-20)30(14-16-31)15-17-32)10-12-28-25-8-5-22(19-24(25)27)26(33)29-13-18-34/h3-10,12,19,28,31-32,34H,11,13-18H2,1-2H3,(H,29,33)/p+1/b12-10-,21-9+. The molecule has 1 amide bonds. The number of nitrogens with zero attached hydrogens (tertiary/aromatic N) is 1. The van der Waals surface area contributed by atoms with E-state index in [4.69, 9.17) is 0 Å². The Balaban J connectivity index is 1.86. The molecule has 2 aromatic rings. The van der Waals surface area contributed by atoms with Crippen LogP contribution in [0.15, 0.2) is 60.8 Å². The number of allylic oxidation sites excluding steroid dienone is 3. The van der Waals surface area contributed by atoms with Gasteiger partial charge in [0.1, 0.15) is 5.69 Å². The molecule has 0 aliphatic carbocycles. The smallest absolute Gasteiger partial charge is 0.251 e. The van der Waals surface area contributed by atoms with E-state index in [0.717, 1.165) is 34.5 Å². The van der Waals surface area contributed by atoms with Gasteiger partial charge >= 0.3 is 0 Å². The van der Waals surface area contributed by atoms with Crippen molar-refractivity contribution in [3.05, 3.63) is 77.5 Å². The molecule has 0 spiro atoms. The number of aliphatic hydroxyl groups excluding tert-OH is 2. The molecule has 5 N–H and O–H groups in total. The number of fused-ring (bicyclic) bond motifs is 1. The molecule has 1 aliphatic heterocycles. The lowest BCUT2D eigenvalue weighted by Gasteiger charge is -2.25. The van der Waals surface area contributed by atoms with Gasteiger partial charge in [0.05, 0.1) is 19.4 Å². The number of carbonyl (C=O) groups is 1. The normalized spacial score (nSPS) is 17.4. The van der Waals surface area contributed by atoms with Gasteiger partial charge in [-0.2, -0.15) is 12.6 Å². The Kier molecular flexibility index (Phi) is 9.36. The van der Waals surface area contributed by atoms with Crippen LogP contribution in [0.2, 0.25) is 0 Å². The van der Waals surface area contributed by atoms with Gasteiger partial charge in [0.2, 0.25) is 0 Å². The fraction of sp³-hybridized carbons (Fsp3) is 0.370. The average molecular weight is 483 g/mol. The molecule has 34 heavy (non-hydrogen) atoms. The summed E-state index contributed by atoms with van der Waals surface area (Å²) in [5.74, 6) is 0.534. The lowest BCUT2D eigenvalue weighted by molar-refractivity contribution is -0.497. The Bertz CT molecular complexity index is 1030. The number of quaternary nitrogens is 1. The average Bonchev–Trinajstić information content (AvgIpc) is 2.90. The first kappa shape index (κ1) is 26.0. The Hall–Kier alpha value is -2.58. The van der Waals surface area contributed by atoms with Crippen LogP contribution >= 0.6 is 12.6 Å². The third kappa shape index (κ3) is 6.51. The Labute approximate surface area is 207 Å². The number of benzene rings is 2. The van der Waals surface area contributed by atoms with E-state index in [1.807, 2.05) is 35.2 Å². The van der Waals surface area contributed by atoms with Crippen molar-refractivity contribution in [2.24, 2.45) is 0 Å². The van der Waals surface area contributed by atoms with Crippen LogP contribution in [0.1, 0.15) is 41.8 Å². The van der Waals surface area contributed by atoms with Crippen LogP contribution in [0.3, 0.4) is 0 Å². The number of hydrogen-bond donors (Lipinski definition) is 5. The van der Waals surface area contributed by atoms with E-state index in [1.54, 1.807) is 0 Å². The zero-order valence-corrected chi connectivity index (χ0v) is 20.9. The predicted octanol–water partition coefficient (Wildman–Crippen LogP) is 2.61. The van der Waals surface area contributed by atoms with Crippen molar-refractivity contribution >= 4 is 35.5 Å². The van der Waals surface area contributed by atoms with Crippen molar-refractivity contribution in [2.75, 3.05) is 43.5 Å². The topological polar surface area (TPSA) is 89.4 Å². The minimum atomic E-state index is -0.165. The summed E-state index contributed by atoms with van der Waals surface area (Å²) in [6.45, 7) is 6.01. The first-order valence-electron chi connectivity index (χ1n) is 11.7. The van der Waals surface area contributed by atoms with Crippen LogP contribution < -0.4 is 15.5 Å². The highest BCUT2D eigenvalue weighted by atomic mass is 32.1. The second kappa shape index (κ2) is 12.2. The van der Waals surface area contributed by atoms with Crippen molar-refractivity contribution < 1.29 is 20.3 Å². The van der Waals surface area contributed by atoms with Gasteiger partial charge in [0, 0.05) is 48.3 Å². The van der Waals surface area contributed by atoms with E-state index in [0.29, 0.717) is 31.0 Å². The van der Waals surface area contributed by atoms with Crippen molar-refractivity contribution in [1.29, 1.82) is 0 Å². The van der Waals surface area contributed by atoms with E-state index in [-0.39, 0.29) is 24.5 Å². The van der Waals surface area contributed by atoms with Crippen LogP contribution in [0.4, 0.5) is 11.4 Å². The molecular weight excluding hydrogens is 446 g/mol. The SMILES string of the molecule is CC1(C)C/C=C(c2ccc(N(CCO)CCO)cc2)\C=C/[NH2+]c2ccc(C(=O)NCCS)cc21. The van der Waals surface area contributed by atoms with Crippen LogP contribution in [0.5, 0.6) is 0 Å². The summed E-state index contributed by atoms with van der Waals surface area (Å²) in [5.41, 5.74) is 5.97. The minimum Gasteiger partial charge on any atom is -0.395 e. The second-order valence-corrected chi connectivity index (χ2v) is 9.48. The number of hydrogen-bond acceptors (Lipinski definition) is 5. The molecular formula is C27H36N3O3S+.